The van der Waals surface area contributed by atoms with E-state index in [4.69, 9.17) is 11.6 Å². The number of carbonyl (C=O) groups is 1. The number of sulfone groups is 1. The molecule has 0 spiro atoms. The molecule has 1 fully saturated rings. The minimum absolute atomic E-state index is 0.254. The van der Waals surface area contributed by atoms with Crippen LogP contribution in [0, 0.1) is 5.41 Å². The second kappa shape index (κ2) is 7.25. The molecule has 0 radical (unpaired) electrons. The third-order valence-corrected chi connectivity index (χ3v) is 9.89. The van der Waals surface area contributed by atoms with Crippen LogP contribution < -0.4 is 0 Å². The molecule has 0 bridgehead atoms. The summed E-state index contributed by atoms with van der Waals surface area (Å²) in [4.78, 5) is 12.9. The zero-order chi connectivity index (χ0) is 19.9. The number of hydrogen-bond acceptors (Lipinski definition) is 4. The van der Waals surface area contributed by atoms with E-state index in [1.165, 1.54) is 11.8 Å². The fourth-order valence-corrected chi connectivity index (χ4v) is 7.70. The number of carboxylic acids is 1. The number of halogens is 1. The molecular weight excluding hydrogens is 416 g/mol. The first-order valence-electron chi connectivity index (χ1n) is 8.94. The Labute approximate surface area is 173 Å². The topological polar surface area (TPSA) is 71.4 Å². The summed E-state index contributed by atoms with van der Waals surface area (Å²) in [6, 6.07) is 16.6. The van der Waals surface area contributed by atoms with Crippen molar-refractivity contribution in [3.63, 3.8) is 0 Å². The van der Waals surface area contributed by atoms with Gasteiger partial charge in [-0.1, -0.05) is 60.1 Å². The van der Waals surface area contributed by atoms with Crippen molar-refractivity contribution in [1.82, 2.24) is 0 Å². The fourth-order valence-electron chi connectivity index (χ4n) is 3.80. The molecule has 146 valence electrons. The summed E-state index contributed by atoms with van der Waals surface area (Å²) in [6.45, 7) is 0. The Balaban J connectivity index is 1.50. The molecular formula is C21H19ClO4S2. The normalized spacial score (nSPS) is 26.7. The highest BCUT2D eigenvalue weighted by atomic mass is 35.5. The lowest BCUT2D eigenvalue weighted by Gasteiger charge is -2.17. The van der Waals surface area contributed by atoms with Gasteiger partial charge in [-0.15, -0.1) is 11.8 Å². The minimum atomic E-state index is -3.59. The Bertz CT molecular complexity index is 1030. The zero-order valence-corrected chi connectivity index (χ0v) is 17.3. The van der Waals surface area contributed by atoms with Gasteiger partial charge < -0.3 is 5.11 Å². The van der Waals surface area contributed by atoms with Crippen LogP contribution in [0.5, 0.6) is 0 Å². The third-order valence-electron chi connectivity index (χ3n) is 5.45. The number of allylic oxidation sites excluding steroid dienone is 1. The number of hydrogen-bond donors (Lipinski definition) is 1. The van der Waals surface area contributed by atoms with Crippen LogP contribution in [0.4, 0.5) is 0 Å². The van der Waals surface area contributed by atoms with Gasteiger partial charge in [0.15, 0.2) is 9.84 Å². The quantitative estimate of drug-likeness (QED) is 0.705. The highest BCUT2D eigenvalue weighted by Crippen LogP contribution is 2.61. The van der Waals surface area contributed by atoms with Gasteiger partial charge in [-0.05, 0) is 36.1 Å². The van der Waals surface area contributed by atoms with Gasteiger partial charge in [-0.3, -0.25) is 4.79 Å². The lowest BCUT2D eigenvalue weighted by molar-refractivity contribution is -0.142. The lowest BCUT2D eigenvalue weighted by Crippen LogP contribution is -2.31. The van der Waals surface area contributed by atoms with Crippen molar-refractivity contribution >= 4 is 44.1 Å². The molecule has 28 heavy (non-hydrogen) atoms. The van der Waals surface area contributed by atoms with Crippen molar-refractivity contribution in [1.29, 1.82) is 0 Å². The molecule has 1 heterocycles. The highest BCUT2D eigenvalue weighted by molar-refractivity contribution is 8.19. The van der Waals surface area contributed by atoms with Crippen molar-refractivity contribution < 1.29 is 18.3 Å². The van der Waals surface area contributed by atoms with E-state index in [1.54, 1.807) is 12.1 Å². The fraction of sp³-hybridized carbons (Fsp3) is 0.286. The Hall–Kier alpha value is -1.76. The predicted octanol–water partition coefficient (Wildman–Crippen LogP) is 4.82. The molecule has 0 aromatic heterocycles. The Morgan fingerprint density at radius 2 is 1.82 bits per heavy atom. The maximum Gasteiger partial charge on any atom is 0.311 e. The second-order valence-corrected chi connectivity index (χ2v) is 11.5. The van der Waals surface area contributed by atoms with Crippen LogP contribution in [0.25, 0.3) is 4.91 Å². The van der Waals surface area contributed by atoms with Gasteiger partial charge in [0, 0.05) is 15.8 Å². The van der Waals surface area contributed by atoms with Gasteiger partial charge in [-0.25, -0.2) is 8.42 Å². The van der Waals surface area contributed by atoms with Gasteiger partial charge in [0.25, 0.3) is 0 Å². The molecule has 7 heteroatoms. The molecule has 2 aromatic carbocycles. The predicted molar refractivity (Wildman–Crippen MR) is 113 cm³/mol. The van der Waals surface area contributed by atoms with E-state index < -0.39 is 25.8 Å². The Morgan fingerprint density at radius 3 is 2.46 bits per heavy atom. The monoisotopic (exact) mass is 434 g/mol. The second-order valence-electron chi connectivity index (χ2n) is 7.29. The largest absolute Gasteiger partial charge is 0.481 e. The van der Waals surface area contributed by atoms with E-state index in [2.05, 4.69) is 0 Å². The number of carboxylic acid groups (broad SMARTS) is 1. The molecule has 0 amide bonds. The number of rotatable bonds is 6. The Kier molecular flexibility index (Phi) is 5.06. The van der Waals surface area contributed by atoms with Gasteiger partial charge in [-0.2, -0.15) is 0 Å². The lowest BCUT2D eigenvalue weighted by atomic mass is 10.0. The molecule has 2 aliphatic rings. The molecule has 1 saturated carbocycles. The average molecular weight is 435 g/mol. The first-order chi connectivity index (χ1) is 13.3. The van der Waals surface area contributed by atoms with Crippen LogP contribution in [0.3, 0.4) is 0 Å². The summed E-state index contributed by atoms with van der Waals surface area (Å²) >= 11 is 7.21. The smallest absolute Gasteiger partial charge is 0.311 e. The van der Waals surface area contributed by atoms with Crippen LogP contribution in [0.15, 0.2) is 60.7 Å². The minimum Gasteiger partial charge on any atom is -0.481 e. The molecule has 4 rings (SSSR count). The Morgan fingerprint density at radius 1 is 1.14 bits per heavy atom. The summed E-state index contributed by atoms with van der Waals surface area (Å²) < 4.78 is 25.5. The van der Waals surface area contributed by atoms with Crippen LogP contribution >= 0.6 is 23.4 Å². The van der Waals surface area contributed by atoms with Crippen LogP contribution in [-0.4, -0.2) is 29.8 Å². The van der Waals surface area contributed by atoms with Crippen LogP contribution in [-0.2, 0) is 14.6 Å². The summed E-state index contributed by atoms with van der Waals surface area (Å²) in [5.74, 6) is -1.61. The molecule has 3 unspecified atom stereocenters. The molecule has 0 saturated heterocycles. The molecule has 1 aliphatic carbocycles. The molecule has 4 nitrogen and oxygen atoms in total. The van der Waals surface area contributed by atoms with Crippen molar-refractivity contribution in [3.8, 4) is 0 Å². The van der Waals surface area contributed by atoms with Gasteiger partial charge in [0.2, 0.25) is 0 Å². The van der Waals surface area contributed by atoms with E-state index in [-0.39, 0.29) is 11.7 Å². The van der Waals surface area contributed by atoms with E-state index in [1.807, 2.05) is 48.5 Å². The zero-order valence-electron chi connectivity index (χ0n) is 14.9. The first kappa shape index (κ1) is 19.6. The third kappa shape index (κ3) is 3.61. The number of aliphatic carboxylic acids is 1. The van der Waals surface area contributed by atoms with Crippen molar-refractivity contribution in [2.75, 3.05) is 5.75 Å². The van der Waals surface area contributed by atoms with E-state index >= 15 is 0 Å². The summed E-state index contributed by atoms with van der Waals surface area (Å²) in [5.41, 5.74) is 0.594. The summed E-state index contributed by atoms with van der Waals surface area (Å²) in [5, 5.41) is 10.4. The summed E-state index contributed by atoms with van der Waals surface area (Å²) in [6.07, 6.45) is 2.65. The van der Waals surface area contributed by atoms with Crippen LogP contribution in [0.1, 0.15) is 29.9 Å². The summed E-state index contributed by atoms with van der Waals surface area (Å²) in [7, 11) is -3.59. The van der Waals surface area contributed by atoms with Crippen molar-refractivity contribution in [2.45, 2.75) is 23.3 Å². The molecule has 1 N–H and O–H groups in total. The SMILES string of the molecule is O=C(O)C1(CS(=O)(=O)C2CC=C(c3ccc(Cl)cc3)S2)CC1c1ccccc1. The molecule has 1 aliphatic heterocycles. The standard InChI is InChI=1S/C21H19ClO4S2/c22-16-8-6-15(7-9-16)18-10-11-19(27-18)28(25,26)13-21(20(23)24)12-17(21)14-4-2-1-3-5-14/h1-10,17,19H,11-13H2,(H,23,24). The van der Waals surface area contributed by atoms with Gasteiger partial charge >= 0.3 is 5.97 Å². The number of benzene rings is 2. The number of thioether (sulfide) groups is 1. The average Bonchev–Trinajstić information content (AvgIpc) is 3.17. The molecule has 2 aromatic rings. The van der Waals surface area contributed by atoms with E-state index in [9.17, 15) is 18.3 Å². The maximum atomic E-state index is 13.1. The van der Waals surface area contributed by atoms with Gasteiger partial charge in [0.1, 0.15) is 4.58 Å². The van der Waals surface area contributed by atoms with E-state index in [0.29, 0.717) is 17.9 Å². The van der Waals surface area contributed by atoms with Crippen molar-refractivity contribution in [2.24, 2.45) is 5.41 Å². The van der Waals surface area contributed by atoms with Crippen molar-refractivity contribution in [3.05, 3.63) is 76.8 Å². The van der Waals surface area contributed by atoms with E-state index in [0.717, 1.165) is 16.0 Å². The van der Waals surface area contributed by atoms with Crippen LogP contribution in [0.2, 0.25) is 5.02 Å². The highest BCUT2D eigenvalue weighted by Gasteiger charge is 2.63. The maximum absolute atomic E-state index is 13.1. The first-order valence-corrected chi connectivity index (χ1v) is 11.9. The molecule has 3 atom stereocenters. The van der Waals surface area contributed by atoms with Gasteiger partial charge in [0.05, 0.1) is 11.2 Å².